The van der Waals surface area contributed by atoms with Gasteiger partial charge in [0.1, 0.15) is 0 Å². The van der Waals surface area contributed by atoms with Crippen LogP contribution in [0.3, 0.4) is 0 Å². The second-order valence-electron chi connectivity index (χ2n) is 3.27. The molecule has 1 heterocycles. The minimum absolute atomic E-state index is 0.615. The molecule has 0 aromatic rings. The third-order valence-electron chi connectivity index (χ3n) is 2.23. The van der Waals surface area contributed by atoms with Gasteiger partial charge >= 0.3 is 0 Å². The average Bonchev–Trinajstić information content (AvgIpc) is 2.05. The number of nitrogens with zero attached hydrogens (tertiary/aromatic N) is 2. The fraction of sp³-hybridized carbons (Fsp3) is 0.875. The Bertz CT molecular complexity index is 128. The fourth-order valence-electron chi connectivity index (χ4n) is 1.36. The van der Waals surface area contributed by atoms with Gasteiger partial charge in [-0.25, -0.2) is 0 Å². The number of piperazine rings is 1. The number of carbonyl (C=O) groups excluding carboxylic acids is 1. The zero-order valence-electron chi connectivity index (χ0n) is 7.29. The Kier molecular flexibility index (Phi) is 2.88. The Morgan fingerprint density at radius 3 is 2.09 bits per heavy atom. The molecule has 0 N–H and O–H groups in total. The van der Waals surface area contributed by atoms with Crippen molar-refractivity contribution in [3.05, 3.63) is 0 Å². The molecule has 0 bridgehead atoms. The molecule has 1 amide bonds. The van der Waals surface area contributed by atoms with Gasteiger partial charge < -0.3 is 4.90 Å². The maximum absolute atomic E-state index is 10.3. The highest BCUT2D eigenvalue weighted by Crippen LogP contribution is 2.03. The molecule has 3 heteroatoms. The largest absolute Gasteiger partial charge is 0.343 e. The van der Waals surface area contributed by atoms with Gasteiger partial charge in [0.2, 0.25) is 6.41 Å². The molecule has 0 unspecified atom stereocenters. The summed E-state index contributed by atoms with van der Waals surface area (Å²) in [5.74, 6) is 0. The van der Waals surface area contributed by atoms with Gasteiger partial charge in [0, 0.05) is 32.2 Å². The van der Waals surface area contributed by atoms with E-state index in [1.807, 2.05) is 4.90 Å². The van der Waals surface area contributed by atoms with E-state index in [1.165, 1.54) is 0 Å². The van der Waals surface area contributed by atoms with Crippen LogP contribution in [0.4, 0.5) is 0 Å². The summed E-state index contributed by atoms with van der Waals surface area (Å²) >= 11 is 0. The van der Waals surface area contributed by atoms with Gasteiger partial charge in [-0.15, -0.1) is 0 Å². The second-order valence-corrected chi connectivity index (χ2v) is 3.27. The molecule has 0 saturated carbocycles. The van der Waals surface area contributed by atoms with Gasteiger partial charge in [-0.1, -0.05) is 0 Å². The summed E-state index contributed by atoms with van der Waals surface area (Å²) in [5, 5.41) is 0. The summed E-state index contributed by atoms with van der Waals surface area (Å²) in [4.78, 5) is 14.6. The van der Waals surface area contributed by atoms with Crippen molar-refractivity contribution in [2.45, 2.75) is 19.9 Å². The molecule has 1 aliphatic heterocycles. The predicted molar refractivity (Wildman–Crippen MR) is 44.3 cm³/mol. The van der Waals surface area contributed by atoms with E-state index in [1.54, 1.807) is 0 Å². The first-order valence-corrected chi connectivity index (χ1v) is 4.17. The smallest absolute Gasteiger partial charge is 0.209 e. The summed E-state index contributed by atoms with van der Waals surface area (Å²) in [7, 11) is 0. The van der Waals surface area contributed by atoms with Crippen LogP contribution < -0.4 is 0 Å². The minimum Gasteiger partial charge on any atom is -0.343 e. The van der Waals surface area contributed by atoms with Crippen LogP contribution in [0, 0.1) is 0 Å². The van der Waals surface area contributed by atoms with E-state index in [2.05, 4.69) is 18.7 Å². The summed E-state index contributed by atoms with van der Waals surface area (Å²) in [6, 6.07) is 0.615. The maximum Gasteiger partial charge on any atom is 0.209 e. The van der Waals surface area contributed by atoms with Crippen LogP contribution in [0.25, 0.3) is 0 Å². The standard InChI is InChI=1S/C8H16N2O/c1-8(2)10-5-3-9(7-11)4-6-10/h7-8H,3-6H2,1-2H3. The van der Waals surface area contributed by atoms with E-state index in [-0.39, 0.29) is 0 Å². The van der Waals surface area contributed by atoms with Crippen molar-refractivity contribution < 1.29 is 4.79 Å². The zero-order valence-corrected chi connectivity index (χ0v) is 7.29. The highest BCUT2D eigenvalue weighted by molar-refractivity contribution is 5.47. The molecule has 1 aliphatic rings. The SMILES string of the molecule is CC(C)N1CCN(C=O)CC1. The van der Waals surface area contributed by atoms with Gasteiger partial charge in [0.15, 0.2) is 0 Å². The summed E-state index contributed by atoms with van der Waals surface area (Å²) in [6.07, 6.45) is 0.942. The first-order chi connectivity index (χ1) is 5.24. The van der Waals surface area contributed by atoms with Crippen molar-refractivity contribution in [1.29, 1.82) is 0 Å². The molecule has 1 fully saturated rings. The van der Waals surface area contributed by atoms with E-state index in [0.29, 0.717) is 6.04 Å². The lowest BCUT2D eigenvalue weighted by Gasteiger charge is -2.34. The monoisotopic (exact) mass is 156 g/mol. The van der Waals surface area contributed by atoms with Gasteiger partial charge in [-0.05, 0) is 13.8 Å². The fourth-order valence-corrected chi connectivity index (χ4v) is 1.36. The number of hydrogen-bond donors (Lipinski definition) is 0. The number of amides is 1. The normalized spacial score (nSPS) is 20.8. The quantitative estimate of drug-likeness (QED) is 0.532. The van der Waals surface area contributed by atoms with Crippen molar-refractivity contribution in [1.82, 2.24) is 9.80 Å². The van der Waals surface area contributed by atoms with E-state index in [0.717, 1.165) is 32.6 Å². The topological polar surface area (TPSA) is 23.6 Å². The average molecular weight is 156 g/mol. The van der Waals surface area contributed by atoms with Crippen LogP contribution in [0.2, 0.25) is 0 Å². The molecular formula is C8H16N2O. The number of hydrogen-bond acceptors (Lipinski definition) is 2. The number of carbonyl (C=O) groups is 1. The molecule has 1 rings (SSSR count). The third kappa shape index (κ3) is 2.19. The lowest BCUT2D eigenvalue weighted by molar-refractivity contribution is -0.119. The molecule has 11 heavy (non-hydrogen) atoms. The molecule has 0 spiro atoms. The summed E-state index contributed by atoms with van der Waals surface area (Å²) in [6.45, 7) is 8.21. The molecule has 3 nitrogen and oxygen atoms in total. The molecule has 0 atom stereocenters. The first-order valence-electron chi connectivity index (χ1n) is 4.17. The zero-order chi connectivity index (χ0) is 8.27. The van der Waals surface area contributed by atoms with Gasteiger partial charge in [0.25, 0.3) is 0 Å². The van der Waals surface area contributed by atoms with Crippen LogP contribution in [0.5, 0.6) is 0 Å². The van der Waals surface area contributed by atoms with Gasteiger partial charge in [0.05, 0.1) is 0 Å². The lowest BCUT2D eigenvalue weighted by atomic mass is 10.2. The lowest BCUT2D eigenvalue weighted by Crippen LogP contribution is -2.48. The molecule has 1 saturated heterocycles. The highest BCUT2D eigenvalue weighted by Gasteiger charge is 2.16. The Morgan fingerprint density at radius 1 is 1.18 bits per heavy atom. The van der Waals surface area contributed by atoms with Crippen molar-refractivity contribution in [2.75, 3.05) is 26.2 Å². The minimum atomic E-state index is 0.615. The molecule has 0 aliphatic carbocycles. The maximum atomic E-state index is 10.3. The van der Waals surface area contributed by atoms with Gasteiger partial charge in [-0.2, -0.15) is 0 Å². The van der Waals surface area contributed by atoms with E-state index in [9.17, 15) is 4.79 Å². The van der Waals surface area contributed by atoms with E-state index >= 15 is 0 Å². The van der Waals surface area contributed by atoms with E-state index < -0.39 is 0 Å². The van der Waals surface area contributed by atoms with Crippen LogP contribution in [-0.2, 0) is 4.79 Å². The molecule has 0 aromatic carbocycles. The Labute approximate surface area is 68.0 Å². The number of rotatable bonds is 2. The molecular weight excluding hydrogens is 140 g/mol. The van der Waals surface area contributed by atoms with Gasteiger partial charge in [-0.3, -0.25) is 9.69 Å². The predicted octanol–water partition coefficient (Wildman–Crippen LogP) is 0.169. The Hall–Kier alpha value is -0.570. The highest BCUT2D eigenvalue weighted by atomic mass is 16.1. The van der Waals surface area contributed by atoms with Crippen LogP contribution >= 0.6 is 0 Å². The first kappa shape index (κ1) is 8.53. The van der Waals surface area contributed by atoms with Crippen molar-refractivity contribution in [3.63, 3.8) is 0 Å². The van der Waals surface area contributed by atoms with Crippen molar-refractivity contribution >= 4 is 6.41 Å². The molecule has 0 aromatic heterocycles. The van der Waals surface area contributed by atoms with Crippen molar-refractivity contribution in [2.24, 2.45) is 0 Å². The van der Waals surface area contributed by atoms with Crippen LogP contribution in [-0.4, -0.2) is 48.4 Å². The van der Waals surface area contributed by atoms with Crippen molar-refractivity contribution in [3.8, 4) is 0 Å². The van der Waals surface area contributed by atoms with Crippen LogP contribution in [0.1, 0.15) is 13.8 Å². The summed E-state index contributed by atoms with van der Waals surface area (Å²) in [5.41, 5.74) is 0. The molecule has 64 valence electrons. The second kappa shape index (κ2) is 3.72. The van der Waals surface area contributed by atoms with Crippen LogP contribution in [0.15, 0.2) is 0 Å². The summed E-state index contributed by atoms with van der Waals surface area (Å²) < 4.78 is 0. The Balaban J connectivity index is 2.29. The van der Waals surface area contributed by atoms with E-state index in [4.69, 9.17) is 0 Å². The third-order valence-corrected chi connectivity index (χ3v) is 2.23. The Morgan fingerprint density at radius 2 is 1.73 bits per heavy atom. The molecule has 0 radical (unpaired) electrons.